The second kappa shape index (κ2) is 9.41. The van der Waals surface area contributed by atoms with Gasteiger partial charge in [0, 0.05) is 0 Å². The Morgan fingerprint density at radius 1 is 0.441 bits per heavy atom. The zero-order valence-electron chi connectivity index (χ0n) is 19.9. The summed E-state index contributed by atoms with van der Waals surface area (Å²) in [5.41, 5.74) is 11.2. The number of rotatable bonds is 5. The molecular weight excluding hydrogens is 412 g/mol. The number of benzene rings is 5. The standard InChI is InChI=1S/C33H28O/c1-23-19-24(2)33(25(3)20-23)32-22-28(17-18-31(32)26-11-6-4-7-12-26)27-13-10-16-30(21-27)34-29-14-8-5-9-15-29/h4-22H,1-3H3. The molecule has 0 aliphatic carbocycles. The van der Waals surface area contributed by atoms with Crippen molar-refractivity contribution in [3.8, 4) is 44.9 Å². The lowest BCUT2D eigenvalue weighted by molar-refractivity contribution is 0.483. The van der Waals surface area contributed by atoms with Crippen LogP contribution < -0.4 is 4.74 Å². The third kappa shape index (κ3) is 4.51. The number of para-hydroxylation sites is 1. The Balaban J connectivity index is 1.64. The summed E-state index contributed by atoms with van der Waals surface area (Å²) < 4.78 is 6.10. The minimum absolute atomic E-state index is 0.833. The molecule has 0 bridgehead atoms. The largest absolute Gasteiger partial charge is 0.457 e. The van der Waals surface area contributed by atoms with Crippen molar-refractivity contribution >= 4 is 0 Å². The van der Waals surface area contributed by atoms with Crippen LogP contribution in [0.25, 0.3) is 33.4 Å². The Kier molecular flexibility index (Phi) is 6.01. The summed E-state index contributed by atoms with van der Waals surface area (Å²) in [4.78, 5) is 0. The summed E-state index contributed by atoms with van der Waals surface area (Å²) in [7, 11) is 0. The molecule has 0 N–H and O–H groups in total. The molecule has 0 spiro atoms. The number of hydrogen-bond donors (Lipinski definition) is 0. The maximum absolute atomic E-state index is 6.10. The van der Waals surface area contributed by atoms with Crippen LogP contribution in [0.1, 0.15) is 16.7 Å². The van der Waals surface area contributed by atoms with Crippen LogP contribution in [0, 0.1) is 20.8 Å². The molecule has 0 aliphatic rings. The van der Waals surface area contributed by atoms with Crippen molar-refractivity contribution in [2.75, 3.05) is 0 Å². The first-order valence-corrected chi connectivity index (χ1v) is 11.7. The molecule has 1 nitrogen and oxygen atoms in total. The normalized spacial score (nSPS) is 10.8. The van der Waals surface area contributed by atoms with E-state index in [0.29, 0.717) is 0 Å². The first-order valence-electron chi connectivity index (χ1n) is 11.7. The van der Waals surface area contributed by atoms with Crippen LogP contribution >= 0.6 is 0 Å². The number of hydrogen-bond acceptors (Lipinski definition) is 1. The average molecular weight is 441 g/mol. The lowest BCUT2D eigenvalue weighted by atomic mass is 9.86. The third-order valence-corrected chi connectivity index (χ3v) is 6.20. The van der Waals surface area contributed by atoms with Crippen molar-refractivity contribution in [2.45, 2.75) is 20.8 Å². The third-order valence-electron chi connectivity index (χ3n) is 6.20. The number of aryl methyl sites for hydroxylation is 3. The van der Waals surface area contributed by atoms with Crippen molar-refractivity contribution < 1.29 is 4.74 Å². The van der Waals surface area contributed by atoms with Gasteiger partial charge in [0.2, 0.25) is 0 Å². The van der Waals surface area contributed by atoms with Crippen LogP contribution in [0.15, 0.2) is 115 Å². The molecule has 0 aliphatic heterocycles. The van der Waals surface area contributed by atoms with Crippen LogP contribution in [0.2, 0.25) is 0 Å². The molecule has 0 heterocycles. The highest BCUT2D eigenvalue weighted by atomic mass is 16.5. The smallest absolute Gasteiger partial charge is 0.128 e. The van der Waals surface area contributed by atoms with Gasteiger partial charge in [-0.2, -0.15) is 0 Å². The van der Waals surface area contributed by atoms with Gasteiger partial charge < -0.3 is 4.74 Å². The van der Waals surface area contributed by atoms with Crippen molar-refractivity contribution in [1.82, 2.24) is 0 Å². The molecule has 5 aromatic rings. The molecule has 5 rings (SSSR count). The summed E-state index contributed by atoms with van der Waals surface area (Å²) in [6.45, 7) is 6.59. The van der Waals surface area contributed by atoms with Gasteiger partial charge in [-0.1, -0.05) is 90.5 Å². The van der Waals surface area contributed by atoms with Crippen LogP contribution in [0.5, 0.6) is 11.5 Å². The van der Waals surface area contributed by atoms with E-state index in [9.17, 15) is 0 Å². The first-order chi connectivity index (χ1) is 16.6. The van der Waals surface area contributed by atoms with Gasteiger partial charge in [-0.25, -0.2) is 0 Å². The summed E-state index contributed by atoms with van der Waals surface area (Å²) in [5.74, 6) is 1.67. The monoisotopic (exact) mass is 440 g/mol. The van der Waals surface area contributed by atoms with Gasteiger partial charge in [0.05, 0.1) is 0 Å². The second-order valence-corrected chi connectivity index (χ2v) is 8.84. The molecule has 0 fully saturated rings. The van der Waals surface area contributed by atoms with E-state index in [1.54, 1.807) is 0 Å². The fraction of sp³-hybridized carbons (Fsp3) is 0.0909. The molecule has 0 saturated heterocycles. The Morgan fingerprint density at radius 3 is 1.74 bits per heavy atom. The molecule has 0 amide bonds. The topological polar surface area (TPSA) is 9.23 Å². The van der Waals surface area contributed by atoms with Gasteiger partial charge >= 0.3 is 0 Å². The van der Waals surface area contributed by atoms with E-state index in [4.69, 9.17) is 4.74 Å². The van der Waals surface area contributed by atoms with Gasteiger partial charge in [0.1, 0.15) is 11.5 Å². The first kappa shape index (κ1) is 21.7. The zero-order chi connectivity index (χ0) is 23.5. The average Bonchev–Trinajstić information content (AvgIpc) is 2.85. The van der Waals surface area contributed by atoms with Gasteiger partial charge in [-0.15, -0.1) is 0 Å². The zero-order valence-corrected chi connectivity index (χ0v) is 19.9. The van der Waals surface area contributed by atoms with Crippen LogP contribution in [0.4, 0.5) is 0 Å². The minimum atomic E-state index is 0.833. The highest BCUT2D eigenvalue weighted by molar-refractivity contribution is 5.89. The molecule has 0 saturated carbocycles. The van der Waals surface area contributed by atoms with Crippen LogP contribution in [-0.2, 0) is 0 Å². The van der Waals surface area contributed by atoms with Crippen molar-refractivity contribution in [2.24, 2.45) is 0 Å². The van der Waals surface area contributed by atoms with E-state index in [-0.39, 0.29) is 0 Å². The predicted molar refractivity (Wildman–Crippen MR) is 143 cm³/mol. The summed E-state index contributed by atoms with van der Waals surface area (Å²) >= 11 is 0. The molecule has 34 heavy (non-hydrogen) atoms. The summed E-state index contributed by atoms with van der Waals surface area (Å²) in [6, 6.07) is 40.2. The molecule has 0 radical (unpaired) electrons. The van der Waals surface area contributed by atoms with Crippen LogP contribution in [0.3, 0.4) is 0 Å². The van der Waals surface area contributed by atoms with Crippen LogP contribution in [-0.4, -0.2) is 0 Å². The van der Waals surface area contributed by atoms with Gasteiger partial charge in [0.15, 0.2) is 0 Å². The maximum Gasteiger partial charge on any atom is 0.128 e. The van der Waals surface area contributed by atoms with Gasteiger partial charge in [0.25, 0.3) is 0 Å². The van der Waals surface area contributed by atoms with E-state index >= 15 is 0 Å². The van der Waals surface area contributed by atoms with Gasteiger partial charge in [-0.05, 0) is 95.6 Å². The lowest BCUT2D eigenvalue weighted by Gasteiger charge is -2.18. The van der Waals surface area contributed by atoms with E-state index in [1.165, 1.54) is 44.5 Å². The van der Waals surface area contributed by atoms with E-state index in [1.807, 2.05) is 36.4 Å². The summed E-state index contributed by atoms with van der Waals surface area (Å²) in [5, 5.41) is 0. The Labute approximate surface area is 202 Å². The molecule has 0 aromatic heterocycles. The van der Waals surface area contributed by atoms with Crippen molar-refractivity contribution in [1.29, 1.82) is 0 Å². The number of ether oxygens (including phenoxy) is 1. The van der Waals surface area contributed by atoms with E-state index in [2.05, 4.69) is 99.6 Å². The molecule has 5 aromatic carbocycles. The fourth-order valence-corrected chi connectivity index (χ4v) is 4.77. The van der Waals surface area contributed by atoms with Gasteiger partial charge in [-0.3, -0.25) is 0 Å². The Hall–Kier alpha value is -4.10. The van der Waals surface area contributed by atoms with Crippen molar-refractivity contribution in [3.05, 3.63) is 132 Å². The van der Waals surface area contributed by atoms with E-state index in [0.717, 1.165) is 17.1 Å². The Bertz CT molecular complexity index is 1410. The molecular formula is C33H28O. The molecule has 166 valence electrons. The summed E-state index contributed by atoms with van der Waals surface area (Å²) in [6.07, 6.45) is 0. The Morgan fingerprint density at radius 2 is 1.03 bits per heavy atom. The highest BCUT2D eigenvalue weighted by Gasteiger charge is 2.14. The second-order valence-electron chi connectivity index (χ2n) is 8.84. The fourth-order valence-electron chi connectivity index (χ4n) is 4.77. The highest BCUT2D eigenvalue weighted by Crippen LogP contribution is 2.39. The lowest BCUT2D eigenvalue weighted by Crippen LogP contribution is -1.94. The van der Waals surface area contributed by atoms with Crippen molar-refractivity contribution in [3.63, 3.8) is 0 Å². The molecule has 1 heteroatoms. The molecule has 0 unspecified atom stereocenters. The SMILES string of the molecule is Cc1cc(C)c(-c2cc(-c3cccc(Oc4ccccc4)c3)ccc2-c2ccccc2)c(C)c1. The minimum Gasteiger partial charge on any atom is -0.457 e. The van der Waals surface area contributed by atoms with E-state index < -0.39 is 0 Å². The molecule has 0 atom stereocenters. The maximum atomic E-state index is 6.10. The quantitative estimate of drug-likeness (QED) is 0.264. The predicted octanol–water partition coefficient (Wildman–Crippen LogP) is 9.41.